The van der Waals surface area contributed by atoms with Crippen molar-refractivity contribution in [3.05, 3.63) is 23.9 Å². The summed E-state index contributed by atoms with van der Waals surface area (Å²) in [5.41, 5.74) is 1.11. The Kier molecular flexibility index (Phi) is 1.96. The van der Waals surface area contributed by atoms with Gasteiger partial charge in [-0.3, -0.25) is 0 Å². The predicted molar refractivity (Wildman–Crippen MR) is 48.4 cm³/mol. The molecule has 13 heavy (non-hydrogen) atoms. The van der Waals surface area contributed by atoms with Crippen LogP contribution in [0.2, 0.25) is 0 Å². The van der Waals surface area contributed by atoms with Crippen LogP contribution in [0.25, 0.3) is 0 Å². The van der Waals surface area contributed by atoms with Crippen molar-refractivity contribution in [2.24, 2.45) is 0 Å². The molecule has 70 valence electrons. The van der Waals surface area contributed by atoms with Gasteiger partial charge in [0.2, 0.25) is 0 Å². The van der Waals surface area contributed by atoms with E-state index in [1.165, 1.54) is 4.90 Å². The zero-order valence-electron chi connectivity index (χ0n) is 7.31. The van der Waals surface area contributed by atoms with Gasteiger partial charge in [-0.1, -0.05) is 12.2 Å². The Hall–Kier alpha value is -1.45. The van der Waals surface area contributed by atoms with E-state index >= 15 is 0 Å². The average Bonchev–Trinajstić information content (AvgIpc) is 2.17. The van der Waals surface area contributed by atoms with Crippen LogP contribution in [0.15, 0.2) is 23.9 Å². The summed E-state index contributed by atoms with van der Waals surface area (Å²) < 4.78 is 0. The second-order valence-electron chi connectivity index (χ2n) is 3.24. The molecule has 1 fully saturated rings. The summed E-state index contributed by atoms with van der Waals surface area (Å²) in [6.07, 6.45) is 5.23. The van der Waals surface area contributed by atoms with E-state index in [1.807, 2.05) is 12.2 Å². The van der Waals surface area contributed by atoms with E-state index in [-0.39, 0.29) is 0 Å². The van der Waals surface area contributed by atoms with Gasteiger partial charge in [-0.2, -0.15) is 0 Å². The highest BCUT2D eigenvalue weighted by Gasteiger charge is 2.23. The van der Waals surface area contributed by atoms with E-state index in [2.05, 4.69) is 11.0 Å². The molecule has 2 aliphatic heterocycles. The lowest BCUT2D eigenvalue weighted by atomic mass is 10.2. The highest BCUT2D eigenvalue weighted by molar-refractivity contribution is 5.65. The molecule has 1 N–H and O–H groups in total. The number of hydrogen-bond donors (Lipinski definition) is 1. The highest BCUT2D eigenvalue weighted by atomic mass is 16.4. The third-order valence-electron chi connectivity index (χ3n) is 2.42. The lowest BCUT2D eigenvalue weighted by molar-refractivity contribution is 0.127. The normalized spacial score (nSPS) is 21.1. The molecule has 0 aliphatic carbocycles. The van der Waals surface area contributed by atoms with Gasteiger partial charge in [0.25, 0.3) is 0 Å². The zero-order chi connectivity index (χ0) is 9.26. The number of amides is 1. The first-order chi connectivity index (χ1) is 6.27. The van der Waals surface area contributed by atoms with Gasteiger partial charge in [0, 0.05) is 25.3 Å². The van der Waals surface area contributed by atoms with Crippen LogP contribution in [0.3, 0.4) is 0 Å². The Morgan fingerprint density at radius 3 is 3.08 bits per heavy atom. The maximum Gasteiger partial charge on any atom is 0.407 e. The molecule has 0 aromatic carbocycles. The molecule has 2 aliphatic rings. The largest absolute Gasteiger partial charge is 0.465 e. The molecule has 2 heterocycles. The van der Waals surface area contributed by atoms with Crippen molar-refractivity contribution >= 4 is 6.09 Å². The number of piperazine rings is 1. The number of fused-ring (bicyclic) bond motifs is 1. The Bertz CT molecular complexity index is 283. The summed E-state index contributed by atoms with van der Waals surface area (Å²) in [5.74, 6) is 0. The smallest absolute Gasteiger partial charge is 0.407 e. The number of rotatable bonds is 0. The van der Waals surface area contributed by atoms with Crippen molar-refractivity contribution in [3.8, 4) is 0 Å². The molecule has 4 nitrogen and oxygen atoms in total. The highest BCUT2D eigenvalue weighted by Crippen LogP contribution is 2.15. The van der Waals surface area contributed by atoms with Gasteiger partial charge in [-0.05, 0) is 6.08 Å². The van der Waals surface area contributed by atoms with E-state index in [4.69, 9.17) is 5.11 Å². The van der Waals surface area contributed by atoms with Crippen LogP contribution >= 0.6 is 0 Å². The van der Waals surface area contributed by atoms with Gasteiger partial charge in [-0.15, -0.1) is 0 Å². The van der Waals surface area contributed by atoms with Crippen molar-refractivity contribution in [1.29, 1.82) is 0 Å². The van der Waals surface area contributed by atoms with E-state index in [0.29, 0.717) is 13.1 Å². The van der Waals surface area contributed by atoms with Crippen LogP contribution in [0, 0.1) is 0 Å². The van der Waals surface area contributed by atoms with Gasteiger partial charge in [-0.25, -0.2) is 4.79 Å². The number of allylic oxidation sites excluding steroid dienone is 2. The third-order valence-corrected chi connectivity index (χ3v) is 2.42. The minimum atomic E-state index is -0.824. The fourth-order valence-corrected chi connectivity index (χ4v) is 1.66. The predicted octanol–water partition coefficient (Wildman–Crippen LogP) is 0.736. The standard InChI is InChI=1S/C9H12N2O2/c12-9(13)11-6-5-10-4-2-1-3-8(10)7-11/h1-3H,4-7H2,(H,12,13). The van der Waals surface area contributed by atoms with Crippen molar-refractivity contribution in [2.75, 3.05) is 26.2 Å². The monoisotopic (exact) mass is 180 g/mol. The lowest BCUT2D eigenvalue weighted by Gasteiger charge is -2.37. The molecule has 0 aromatic rings. The minimum Gasteiger partial charge on any atom is -0.465 e. The van der Waals surface area contributed by atoms with Gasteiger partial charge < -0.3 is 14.9 Å². The first kappa shape index (κ1) is 8.16. The Morgan fingerprint density at radius 1 is 1.46 bits per heavy atom. The van der Waals surface area contributed by atoms with Crippen molar-refractivity contribution in [1.82, 2.24) is 9.80 Å². The number of carbonyl (C=O) groups is 1. The summed E-state index contributed by atoms with van der Waals surface area (Å²) in [7, 11) is 0. The van der Waals surface area contributed by atoms with Crippen LogP contribution in [0.4, 0.5) is 4.79 Å². The fourth-order valence-electron chi connectivity index (χ4n) is 1.66. The molecule has 0 bridgehead atoms. The average molecular weight is 180 g/mol. The van der Waals surface area contributed by atoms with Crippen LogP contribution < -0.4 is 0 Å². The third kappa shape index (κ3) is 1.52. The van der Waals surface area contributed by atoms with Gasteiger partial charge in [0.05, 0.1) is 6.54 Å². The van der Waals surface area contributed by atoms with Crippen LogP contribution in [-0.4, -0.2) is 47.2 Å². The van der Waals surface area contributed by atoms with Crippen LogP contribution in [-0.2, 0) is 0 Å². The summed E-state index contributed by atoms with van der Waals surface area (Å²) in [6.45, 7) is 2.86. The van der Waals surface area contributed by atoms with Crippen LogP contribution in [0.1, 0.15) is 0 Å². The second kappa shape index (κ2) is 3.12. The van der Waals surface area contributed by atoms with Gasteiger partial charge in [0.15, 0.2) is 0 Å². The summed E-state index contributed by atoms with van der Waals surface area (Å²) in [5, 5.41) is 8.79. The van der Waals surface area contributed by atoms with Crippen LogP contribution in [0.5, 0.6) is 0 Å². The van der Waals surface area contributed by atoms with E-state index < -0.39 is 6.09 Å². The molecule has 4 heteroatoms. The fraction of sp³-hybridized carbons (Fsp3) is 0.444. The topological polar surface area (TPSA) is 43.8 Å². The summed E-state index contributed by atoms with van der Waals surface area (Å²) in [4.78, 5) is 14.3. The molecule has 0 aromatic heterocycles. The Morgan fingerprint density at radius 2 is 2.31 bits per heavy atom. The number of carboxylic acid groups (broad SMARTS) is 1. The molecule has 2 rings (SSSR count). The first-order valence-electron chi connectivity index (χ1n) is 4.36. The quantitative estimate of drug-likeness (QED) is 0.597. The molecular formula is C9H12N2O2. The minimum absolute atomic E-state index is 0.527. The zero-order valence-corrected chi connectivity index (χ0v) is 7.31. The van der Waals surface area contributed by atoms with Crippen molar-refractivity contribution in [2.45, 2.75) is 0 Å². The van der Waals surface area contributed by atoms with Gasteiger partial charge in [0.1, 0.15) is 0 Å². The second-order valence-corrected chi connectivity index (χ2v) is 3.24. The van der Waals surface area contributed by atoms with E-state index in [9.17, 15) is 4.79 Å². The maximum atomic E-state index is 10.7. The van der Waals surface area contributed by atoms with Crippen molar-refractivity contribution in [3.63, 3.8) is 0 Å². The molecule has 1 saturated heterocycles. The first-order valence-corrected chi connectivity index (χ1v) is 4.36. The Balaban J connectivity index is 2.09. The summed E-state index contributed by atoms with van der Waals surface area (Å²) >= 11 is 0. The molecule has 0 atom stereocenters. The molecular weight excluding hydrogens is 168 g/mol. The van der Waals surface area contributed by atoms with Crippen molar-refractivity contribution < 1.29 is 9.90 Å². The SMILES string of the molecule is O=C(O)N1CCN2CC=CC=C2C1. The van der Waals surface area contributed by atoms with Gasteiger partial charge >= 0.3 is 6.09 Å². The molecule has 0 spiro atoms. The number of hydrogen-bond acceptors (Lipinski definition) is 2. The van der Waals surface area contributed by atoms with E-state index in [1.54, 1.807) is 0 Å². The lowest BCUT2D eigenvalue weighted by Crippen LogP contribution is -2.47. The maximum absolute atomic E-state index is 10.7. The molecule has 1 amide bonds. The molecule has 0 saturated carbocycles. The number of nitrogens with zero attached hydrogens (tertiary/aromatic N) is 2. The summed E-state index contributed by atoms with van der Waals surface area (Å²) in [6, 6.07) is 0. The van der Waals surface area contributed by atoms with E-state index in [0.717, 1.165) is 18.8 Å². The molecule has 0 unspecified atom stereocenters. The molecule has 0 radical (unpaired) electrons. The Labute approximate surface area is 76.7 Å².